The topological polar surface area (TPSA) is 17.1 Å². The van der Waals surface area contributed by atoms with Gasteiger partial charge in [0.25, 0.3) is 0 Å². The van der Waals surface area contributed by atoms with Gasteiger partial charge in [0.1, 0.15) is 0 Å². The lowest BCUT2D eigenvalue weighted by Crippen LogP contribution is -1.97. The summed E-state index contributed by atoms with van der Waals surface area (Å²) in [6, 6.07) is 0. The van der Waals surface area contributed by atoms with Gasteiger partial charge in [0, 0.05) is 5.25 Å². The zero-order valence-electron chi connectivity index (χ0n) is 4.98. The third-order valence-electron chi connectivity index (χ3n) is 0.476. The van der Waals surface area contributed by atoms with Crippen LogP contribution in [0.25, 0.3) is 0 Å². The summed E-state index contributed by atoms with van der Waals surface area (Å²) in [5.74, 6) is 0. The summed E-state index contributed by atoms with van der Waals surface area (Å²) in [5, 5.41) is 1.09. The van der Waals surface area contributed by atoms with Crippen molar-refractivity contribution in [3.63, 3.8) is 0 Å². The van der Waals surface area contributed by atoms with Crippen molar-refractivity contribution in [3.05, 3.63) is 0 Å². The second kappa shape index (κ2) is 4.39. The molecule has 0 heterocycles. The van der Waals surface area contributed by atoms with Crippen LogP contribution in [0.1, 0.15) is 13.8 Å². The molecule has 1 nitrogen and oxygen atoms in total. The van der Waals surface area contributed by atoms with Gasteiger partial charge in [-0.15, -0.1) is 0 Å². The van der Waals surface area contributed by atoms with Crippen LogP contribution in [0.4, 0.5) is 0 Å². The lowest BCUT2D eigenvalue weighted by atomic mass is 10.6. The molecule has 0 saturated heterocycles. The summed E-state index contributed by atoms with van der Waals surface area (Å²) in [7, 11) is 0. The number of alkyl halides is 1. The van der Waals surface area contributed by atoms with Crippen molar-refractivity contribution in [2.24, 2.45) is 0 Å². The quantitative estimate of drug-likeness (QED) is 0.630. The average molecular weight is 197 g/mol. The lowest BCUT2D eigenvalue weighted by Gasteiger charge is -1.97. The Balaban J connectivity index is 3.25. The molecule has 0 aromatic carbocycles. The summed E-state index contributed by atoms with van der Waals surface area (Å²) in [6.45, 7) is 4.01. The SMILES string of the molecule is CC(C)SC(=O)CBr. The molecule has 0 aliphatic heterocycles. The molecule has 3 heteroatoms. The number of halogens is 1. The lowest BCUT2D eigenvalue weighted by molar-refractivity contribution is -0.108. The molecule has 8 heavy (non-hydrogen) atoms. The summed E-state index contributed by atoms with van der Waals surface area (Å²) < 4.78 is 0. The van der Waals surface area contributed by atoms with E-state index in [-0.39, 0.29) is 5.12 Å². The van der Waals surface area contributed by atoms with Gasteiger partial charge in [-0.1, -0.05) is 41.5 Å². The number of rotatable bonds is 2. The molecule has 0 aromatic rings. The summed E-state index contributed by atoms with van der Waals surface area (Å²) >= 11 is 4.44. The second-order valence-corrected chi connectivity index (χ2v) is 3.87. The van der Waals surface area contributed by atoms with Crippen LogP contribution in [0.15, 0.2) is 0 Å². The van der Waals surface area contributed by atoms with Crippen LogP contribution in [-0.2, 0) is 4.79 Å². The molecule has 0 aliphatic rings. The molecule has 0 amide bonds. The minimum Gasteiger partial charge on any atom is -0.286 e. The Bertz CT molecular complexity index is 82.5. The number of carbonyl (C=O) groups is 1. The van der Waals surface area contributed by atoms with E-state index in [0.29, 0.717) is 10.6 Å². The molecular formula is C5H9BrOS. The molecule has 0 atom stereocenters. The van der Waals surface area contributed by atoms with Gasteiger partial charge in [-0.3, -0.25) is 4.79 Å². The highest BCUT2D eigenvalue weighted by molar-refractivity contribution is 9.09. The Kier molecular flexibility index (Phi) is 4.66. The standard InChI is InChI=1S/C5H9BrOS/c1-4(2)8-5(7)3-6/h4H,3H2,1-2H3. The molecule has 0 unspecified atom stereocenters. The monoisotopic (exact) mass is 196 g/mol. The van der Waals surface area contributed by atoms with Gasteiger partial charge in [0.15, 0.2) is 5.12 Å². The Morgan fingerprint density at radius 1 is 1.75 bits per heavy atom. The van der Waals surface area contributed by atoms with Gasteiger partial charge >= 0.3 is 0 Å². The molecule has 0 N–H and O–H groups in total. The third kappa shape index (κ3) is 4.65. The van der Waals surface area contributed by atoms with Crippen molar-refractivity contribution in [3.8, 4) is 0 Å². The number of thioether (sulfide) groups is 1. The maximum Gasteiger partial charge on any atom is 0.199 e. The zero-order chi connectivity index (χ0) is 6.57. The summed E-state index contributed by atoms with van der Waals surface area (Å²) in [5.41, 5.74) is 0. The molecule has 0 rings (SSSR count). The Labute approximate surface area is 62.4 Å². The third-order valence-corrected chi connectivity index (χ3v) is 2.24. The van der Waals surface area contributed by atoms with Crippen molar-refractivity contribution in [2.45, 2.75) is 19.1 Å². The normalized spacial score (nSPS) is 10.0. The first-order valence-electron chi connectivity index (χ1n) is 2.42. The van der Waals surface area contributed by atoms with E-state index in [9.17, 15) is 4.79 Å². The Hall–Kier alpha value is 0.500. The molecule has 48 valence electrons. The van der Waals surface area contributed by atoms with Gasteiger partial charge < -0.3 is 0 Å². The minimum absolute atomic E-state index is 0.208. The molecular weight excluding hydrogens is 188 g/mol. The average Bonchev–Trinajstić information content (AvgIpc) is 1.65. The largest absolute Gasteiger partial charge is 0.286 e. The molecule has 0 bridgehead atoms. The van der Waals surface area contributed by atoms with Gasteiger partial charge in [0.2, 0.25) is 0 Å². The van der Waals surface area contributed by atoms with Gasteiger partial charge in [0.05, 0.1) is 5.33 Å². The fourth-order valence-corrected chi connectivity index (χ4v) is 1.28. The van der Waals surface area contributed by atoms with Crippen LogP contribution >= 0.6 is 27.7 Å². The highest BCUT2D eigenvalue weighted by Crippen LogP contribution is 2.10. The fraction of sp³-hybridized carbons (Fsp3) is 0.800. The fourth-order valence-electron chi connectivity index (χ4n) is 0.294. The molecule has 0 radical (unpaired) electrons. The van der Waals surface area contributed by atoms with E-state index in [4.69, 9.17) is 0 Å². The van der Waals surface area contributed by atoms with E-state index in [1.165, 1.54) is 11.8 Å². The molecule has 0 aliphatic carbocycles. The van der Waals surface area contributed by atoms with Crippen LogP contribution in [0.2, 0.25) is 0 Å². The number of hydrogen-bond donors (Lipinski definition) is 0. The van der Waals surface area contributed by atoms with Crippen molar-refractivity contribution < 1.29 is 4.79 Å². The van der Waals surface area contributed by atoms with E-state index in [1.807, 2.05) is 13.8 Å². The Morgan fingerprint density at radius 3 is 2.38 bits per heavy atom. The van der Waals surface area contributed by atoms with E-state index < -0.39 is 0 Å². The van der Waals surface area contributed by atoms with Crippen LogP contribution in [-0.4, -0.2) is 15.7 Å². The maximum absolute atomic E-state index is 10.5. The maximum atomic E-state index is 10.5. The van der Waals surface area contributed by atoms with E-state index in [1.54, 1.807) is 0 Å². The van der Waals surface area contributed by atoms with Crippen molar-refractivity contribution in [1.29, 1.82) is 0 Å². The molecule has 0 saturated carbocycles. The van der Waals surface area contributed by atoms with Gasteiger partial charge in [-0.2, -0.15) is 0 Å². The van der Waals surface area contributed by atoms with E-state index >= 15 is 0 Å². The van der Waals surface area contributed by atoms with E-state index in [0.717, 1.165) is 0 Å². The zero-order valence-corrected chi connectivity index (χ0v) is 7.38. The van der Waals surface area contributed by atoms with Gasteiger partial charge in [-0.25, -0.2) is 0 Å². The van der Waals surface area contributed by atoms with Crippen LogP contribution in [0, 0.1) is 0 Å². The highest BCUT2D eigenvalue weighted by Gasteiger charge is 2.01. The number of carbonyl (C=O) groups excluding carboxylic acids is 1. The van der Waals surface area contributed by atoms with Crippen molar-refractivity contribution >= 4 is 32.8 Å². The van der Waals surface area contributed by atoms with Crippen molar-refractivity contribution in [1.82, 2.24) is 0 Å². The van der Waals surface area contributed by atoms with E-state index in [2.05, 4.69) is 15.9 Å². The first-order chi connectivity index (χ1) is 3.66. The smallest absolute Gasteiger partial charge is 0.199 e. The predicted octanol–water partition coefficient (Wildman–Crippen LogP) is 2.05. The molecule has 0 aromatic heterocycles. The van der Waals surface area contributed by atoms with Crippen LogP contribution in [0.3, 0.4) is 0 Å². The highest BCUT2D eigenvalue weighted by atomic mass is 79.9. The predicted molar refractivity (Wildman–Crippen MR) is 41.5 cm³/mol. The van der Waals surface area contributed by atoms with Gasteiger partial charge in [-0.05, 0) is 0 Å². The second-order valence-electron chi connectivity index (χ2n) is 1.67. The minimum atomic E-state index is 0.208. The van der Waals surface area contributed by atoms with Crippen LogP contribution < -0.4 is 0 Å². The first-order valence-corrected chi connectivity index (χ1v) is 4.42. The molecule has 0 fully saturated rings. The summed E-state index contributed by atoms with van der Waals surface area (Å²) in [6.07, 6.45) is 0. The van der Waals surface area contributed by atoms with Crippen LogP contribution in [0.5, 0.6) is 0 Å². The summed E-state index contributed by atoms with van der Waals surface area (Å²) in [4.78, 5) is 10.5. The Morgan fingerprint density at radius 2 is 2.25 bits per heavy atom. The first kappa shape index (κ1) is 8.50. The molecule has 0 spiro atoms. The van der Waals surface area contributed by atoms with Crippen molar-refractivity contribution in [2.75, 3.05) is 5.33 Å². The number of hydrogen-bond acceptors (Lipinski definition) is 2.